The number of esters is 1. The van der Waals surface area contributed by atoms with Crippen LogP contribution < -0.4 is 0 Å². The van der Waals surface area contributed by atoms with Crippen LogP contribution in [0.15, 0.2) is 47.4 Å². The third kappa shape index (κ3) is 3.88. The Morgan fingerprint density at radius 3 is 2.57 bits per heavy atom. The summed E-state index contributed by atoms with van der Waals surface area (Å²) in [6, 6.07) is 11.8. The van der Waals surface area contributed by atoms with E-state index in [9.17, 15) is 13.2 Å². The average Bonchev–Trinajstić information content (AvgIpc) is 2.69. The molecule has 0 amide bonds. The number of hydrogen-bond donors (Lipinski definition) is 0. The summed E-state index contributed by atoms with van der Waals surface area (Å²) in [6.45, 7) is 5.41. The lowest BCUT2D eigenvalue weighted by molar-refractivity contribution is 0.0468. The number of benzene rings is 2. The normalized spacial score (nSPS) is 11.6. The van der Waals surface area contributed by atoms with E-state index in [2.05, 4.69) is 4.98 Å². The smallest absolute Gasteiger partial charge is 0.339 e. The molecule has 1 heterocycles. The Labute approximate surface area is 169 Å². The zero-order valence-corrected chi connectivity index (χ0v) is 17.4. The van der Waals surface area contributed by atoms with E-state index in [-0.39, 0.29) is 28.0 Å². The van der Waals surface area contributed by atoms with Crippen molar-refractivity contribution in [2.75, 3.05) is 5.75 Å². The van der Waals surface area contributed by atoms with Crippen molar-refractivity contribution in [3.8, 4) is 0 Å². The molecule has 0 N–H and O–H groups in total. The van der Waals surface area contributed by atoms with Gasteiger partial charge in [-0.25, -0.2) is 18.2 Å². The molecule has 0 bridgehead atoms. The van der Waals surface area contributed by atoms with Gasteiger partial charge < -0.3 is 4.74 Å². The lowest BCUT2D eigenvalue weighted by Gasteiger charge is -2.12. The molecule has 0 fully saturated rings. The summed E-state index contributed by atoms with van der Waals surface area (Å²) in [4.78, 5) is 16.9. The molecule has 7 heteroatoms. The van der Waals surface area contributed by atoms with E-state index in [1.54, 1.807) is 12.1 Å². The highest BCUT2D eigenvalue weighted by molar-refractivity contribution is 7.91. The van der Waals surface area contributed by atoms with E-state index in [0.717, 1.165) is 22.0 Å². The van der Waals surface area contributed by atoms with Crippen molar-refractivity contribution < 1.29 is 17.9 Å². The standard InChI is InChI=1S/C21H20ClNO4S/c1-4-28(25,26)18-8-6-5-7-17(18)21(24)27-12-16-11-15-10-9-13(2)14(3)19(15)23-20(16)22/h5-11H,4,12H2,1-3H3. The number of rotatable bonds is 5. The highest BCUT2D eigenvalue weighted by Gasteiger charge is 2.22. The predicted molar refractivity (Wildman–Crippen MR) is 110 cm³/mol. The number of sulfone groups is 1. The fourth-order valence-corrected chi connectivity index (χ4v) is 4.17. The van der Waals surface area contributed by atoms with E-state index < -0.39 is 15.8 Å². The Hall–Kier alpha value is -2.44. The van der Waals surface area contributed by atoms with Crippen molar-refractivity contribution in [1.82, 2.24) is 4.98 Å². The molecule has 5 nitrogen and oxygen atoms in total. The van der Waals surface area contributed by atoms with Gasteiger partial charge in [0.1, 0.15) is 11.8 Å². The van der Waals surface area contributed by atoms with Crippen molar-refractivity contribution in [1.29, 1.82) is 0 Å². The number of carbonyl (C=O) groups excluding carboxylic acids is 1. The van der Waals surface area contributed by atoms with Gasteiger partial charge in [0.15, 0.2) is 9.84 Å². The third-order valence-corrected chi connectivity index (χ3v) is 6.83. The maximum atomic E-state index is 12.5. The Morgan fingerprint density at radius 2 is 1.86 bits per heavy atom. The third-order valence-electron chi connectivity index (χ3n) is 4.72. The molecule has 0 aliphatic heterocycles. The van der Waals surface area contributed by atoms with Crippen LogP contribution in [0.2, 0.25) is 5.15 Å². The number of halogens is 1. The maximum absolute atomic E-state index is 12.5. The first-order chi connectivity index (χ1) is 13.2. The van der Waals surface area contributed by atoms with Crippen LogP contribution in [0.25, 0.3) is 10.9 Å². The van der Waals surface area contributed by atoms with Crippen molar-refractivity contribution in [2.45, 2.75) is 32.3 Å². The van der Waals surface area contributed by atoms with E-state index in [4.69, 9.17) is 16.3 Å². The summed E-state index contributed by atoms with van der Waals surface area (Å²) >= 11 is 6.29. The summed E-state index contributed by atoms with van der Waals surface area (Å²) in [5.74, 6) is -0.819. The molecule has 0 saturated heterocycles. The van der Waals surface area contributed by atoms with Gasteiger partial charge in [0.2, 0.25) is 0 Å². The second-order valence-electron chi connectivity index (χ2n) is 6.49. The monoisotopic (exact) mass is 417 g/mol. The summed E-state index contributed by atoms with van der Waals surface area (Å²) in [5.41, 5.74) is 3.53. The summed E-state index contributed by atoms with van der Waals surface area (Å²) in [7, 11) is -3.54. The van der Waals surface area contributed by atoms with E-state index >= 15 is 0 Å². The number of pyridine rings is 1. The molecule has 0 spiro atoms. The molecule has 0 unspecified atom stereocenters. The second-order valence-corrected chi connectivity index (χ2v) is 9.10. The molecule has 3 aromatic rings. The minimum atomic E-state index is -3.54. The second kappa shape index (κ2) is 7.89. The molecule has 28 heavy (non-hydrogen) atoms. The van der Waals surface area contributed by atoms with Crippen LogP contribution in [0, 0.1) is 13.8 Å². The van der Waals surface area contributed by atoms with E-state index in [0.29, 0.717) is 5.56 Å². The van der Waals surface area contributed by atoms with Crippen molar-refractivity contribution in [3.63, 3.8) is 0 Å². The maximum Gasteiger partial charge on any atom is 0.339 e. The fourth-order valence-electron chi connectivity index (χ4n) is 2.89. The first-order valence-electron chi connectivity index (χ1n) is 8.79. The number of hydrogen-bond acceptors (Lipinski definition) is 5. The van der Waals surface area contributed by atoms with Gasteiger partial charge in [-0.2, -0.15) is 0 Å². The number of nitrogens with zero attached hydrogens (tertiary/aromatic N) is 1. The van der Waals surface area contributed by atoms with E-state index in [1.807, 2.05) is 32.0 Å². The van der Waals surface area contributed by atoms with Gasteiger partial charge in [0.25, 0.3) is 0 Å². The fraction of sp³-hybridized carbons (Fsp3) is 0.238. The molecular weight excluding hydrogens is 398 g/mol. The van der Waals surface area contributed by atoms with Crippen molar-refractivity contribution in [2.24, 2.45) is 0 Å². The van der Waals surface area contributed by atoms with Gasteiger partial charge in [0.05, 0.1) is 21.7 Å². The molecule has 2 aromatic carbocycles. The zero-order chi connectivity index (χ0) is 20.5. The molecule has 0 aliphatic carbocycles. The van der Waals surface area contributed by atoms with Crippen LogP contribution in [-0.2, 0) is 21.2 Å². The molecule has 0 aliphatic rings. The summed E-state index contributed by atoms with van der Waals surface area (Å²) in [5, 5.41) is 1.15. The van der Waals surface area contributed by atoms with Gasteiger partial charge in [0, 0.05) is 10.9 Å². The number of ether oxygens (including phenoxy) is 1. The van der Waals surface area contributed by atoms with Gasteiger partial charge in [-0.3, -0.25) is 0 Å². The van der Waals surface area contributed by atoms with Crippen molar-refractivity contribution >= 4 is 38.3 Å². The SMILES string of the molecule is CCS(=O)(=O)c1ccccc1C(=O)OCc1cc2ccc(C)c(C)c2nc1Cl. The molecule has 3 rings (SSSR count). The quantitative estimate of drug-likeness (QED) is 0.446. The van der Waals surface area contributed by atoms with Gasteiger partial charge in [-0.05, 0) is 43.2 Å². The van der Waals surface area contributed by atoms with Crippen LogP contribution in [0.5, 0.6) is 0 Å². The first kappa shape index (κ1) is 20.3. The minimum absolute atomic E-state index is 0.0145. The molecule has 0 atom stereocenters. The zero-order valence-electron chi connectivity index (χ0n) is 15.8. The Balaban J connectivity index is 1.88. The van der Waals surface area contributed by atoms with Crippen LogP contribution in [0.4, 0.5) is 0 Å². The molecule has 0 radical (unpaired) electrons. The average molecular weight is 418 g/mol. The Bertz CT molecular complexity index is 1170. The molecule has 1 aromatic heterocycles. The Kier molecular flexibility index (Phi) is 5.72. The summed E-state index contributed by atoms with van der Waals surface area (Å²) in [6.07, 6.45) is 0. The largest absolute Gasteiger partial charge is 0.457 e. The topological polar surface area (TPSA) is 73.3 Å². The van der Waals surface area contributed by atoms with Gasteiger partial charge >= 0.3 is 5.97 Å². The molecule has 146 valence electrons. The van der Waals surface area contributed by atoms with Gasteiger partial charge in [-0.15, -0.1) is 0 Å². The number of carbonyl (C=O) groups is 1. The van der Waals surface area contributed by atoms with Crippen LogP contribution in [-0.4, -0.2) is 25.1 Å². The predicted octanol–water partition coefficient (Wildman–Crippen LogP) is 4.66. The minimum Gasteiger partial charge on any atom is -0.457 e. The number of fused-ring (bicyclic) bond motifs is 1. The number of aryl methyl sites for hydroxylation is 2. The lowest BCUT2D eigenvalue weighted by Crippen LogP contribution is -2.13. The summed E-state index contributed by atoms with van der Waals surface area (Å²) < 4.78 is 29.8. The van der Waals surface area contributed by atoms with Gasteiger partial charge in [-0.1, -0.05) is 42.8 Å². The lowest BCUT2D eigenvalue weighted by atomic mass is 10.0. The van der Waals surface area contributed by atoms with Crippen LogP contribution in [0.1, 0.15) is 34.0 Å². The molecular formula is C21H20ClNO4S. The highest BCUT2D eigenvalue weighted by Crippen LogP contribution is 2.26. The van der Waals surface area contributed by atoms with Crippen molar-refractivity contribution in [3.05, 3.63) is 69.9 Å². The highest BCUT2D eigenvalue weighted by atomic mass is 35.5. The molecule has 0 saturated carbocycles. The van der Waals surface area contributed by atoms with E-state index in [1.165, 1.54) is 19.1 Å². The van der Waals surface area contributed by atoms with Crippen LogP contribution >= 0.6 is 11.6 Å². The first-order valence-corrected chi connectivity index (χ1v) is 10.8. The number of aromatic nitrogens is 1. The Morgan fingerprint density at radius 1 is 1.14 bits per heavy atom. The van der Waals surface area contributed by atoms with Crippen LogP contribution in [0.3, 0.4) is 0 Å².